The molecule has 0 saturated heterocycles. The normalized spacial score (nSPS) is 11.2. The van der Waals surface area contributed by atoms with Crippen LogP contribution in [-0.4, -0.2) is 20.2 Å². The predicted molar refractivity (Wildman–Crippen MR) is 111 cm³/mol. The van der Waals surface area contributed by atoms with Crippen LogP contribution in [0.4, 0.5) is 0 Å². The van der Waals surface area contributed by atoms with Gasteiger partial charge in [-0.25, -0.2) is 9.97 Å². The molecule has 3 aromatic heterocycles. The molecule has 0 aliphatic carbocycles. The average molecular weight is 403 g/mol. The fourth-order valence-electron chi connectivity index (χ4n) is 2.92. The third-order valence-corrected chi connectivity index (χ3v) is 6.27. The first kappa shape index (κ1) is 17.1. The van der Waals surface area contributed by atoms with Crippen molar-refractivity contribution in [2.45, 2.75) is 17.2 Å². The molecule has 136 valence electrons. The summed E-state index contributed by atoms with van der Waals surface area (Å²) in [5.41, 5.74) is 3.20. The molecule has 3 heterocycles. The molecular formula is C21H14N4OS2. The Labute approximate surface area is 169 Å². The Morgan fingerprint density at radius 2 is 1.75 bits per heavy atom. The van der Waals surface area contributed by atoms with Gasteiger partial charge in [0.25, 0.3) is 5.22 Å². The number of hydrogen-bond acceptors (Lipinski definition) is 7. The molecule has 0 amide bonds. The van der Waals surface area contributed by atoms with Crippen LogP contribution in [0.3, 0.4) is 0 Å². The molecule has 5 rings (SSSR count). The molecule has 0 fully saturated rings. The maximum Gasteiger partial charge on any atom is 0.283 e. The van der Waals surface area contributed by atoms with Gasteiger partial charge in [-0.2, -0.15) is 0 Å². The summed E-state index contributed by atoms with van der Waals surface area (Å²) >= 11 is 3.01. The Kier molecular flexibility index (Phi) is 4.38. The van der Waals surface area contributed by atoms with Gasteiger partial charge < -0.3 is 4.42 Å². The van der Waals surface area contributed by atoms with Crippen LogP contribution in [0.1, 0.15) is 5.56 Å². The summed E-state index contributed by atoms with van der Waals surface area (Å²) in [5.74, 6) is 0.515. The number of benzene rings is 2. The van der Waals surface area contributed by atoms with Gasteiger partial charge in [-0.15, -0.1) is 21.5 Å². The lowest BCUT2D eigenvalue weighted by atomic mass is 10.1. The maximum absolute atomic E-state index is 5.88. The van der Waals surface area contributed by atoms with E-state index in [1.807, 2.05) is 49.4 Å². The largest absolute Gasteiger partial charge is 0.411 e. The third kappa shape index (κ3) is 3.19. The SMILES string of the molecule is Cc1ccccc1-c1nnc(Sc2ncnc3sc(-c4ccccc4)cc23)o1. The zero-order valence-electron chi connectivity index (χ0n) is 14.9. The molecule has 0 unspecified atom stereocenters. The Morgan fingerprint density at radius 3 is 2.61 bits per heavy atom. The van der Waals surface area contributed by atoms with E-state index in [4.69, 9.17) is 4.42 Å². The van der Waals surface area contributed by atoms with Gasteiger partial charge in [-0.1, -0.05) is 48.5 Å². The topological polar surface area (TPSA) is 64.7 Å². The van der Waals surface area contributed by atoms with Crippen LogP contribution in [-0.2, 0) is 0 Å². The second kappa shape index (κ2) is 7.18. The van der Waals surface area contributed by atoms with Crippen molar-refractivity contribution in [3.8, 4) is 21.9 Å². The molecular weight excluding hydrogens is 388 g/mol. The van der Waals surface area contributed by atoms with E-state index >= 15 is 0 Å². The van der Waals surface area contributed by atoms with Gasteiger partial charge in [-0.05, 0) is 41.9 Å². The van der Waals surface area contributed by atoms with Gasteiger partial charge in [0.15, 0.2) is 0 Å². The number of thiophene rings is 1. The molecule has 7 heteroatoms. The summed E-state index contributed by atoms with van der Waals surface area (Å²) in [5, 5.41) is 10.7. The van der Waals surface area contributed by atoms with Gasteiger partial charge in [0.2, 0.25) is 5.89 Å². The lowest BCUT2D eigenvalue weighted by molar-refractivity contribution is 0.465. The van der Waals surface area contributed by atoms with Gasteiger partial charge in [0.05, 0.1) is 0 Å². The molecule has 5 nitrogen and oxygen atoms in total. The van der Waals surface area contributed by atoms with E-state index in [2.05, 4.69) is 38.4 Å². The number of fused-ring (bicyclic) bond motifs is 1. The minimum atomic E-state index is 0.464. The van der Waals surface area contributed by atoms with Crippen LogP contribution in [0.2, 0.25) is 0 Å². The molecule has 0 bridgehead atoms. The van der Waals surface area contributed by atoms with Crippen LogP contribution < -0.4 is 0 Å². The zero-order chi connectivity index (χ0) is 18.9. The summed E-state index contributed by atoms with van der Waals surface area (Å²) in [7, 11) is 0. The van der Waals surface area contributed by atoms with Crippen molar-refractivity contribution in [1.29, 1.82) is 0 Å². The fraction of sp³-hybridized carbons (Fsp3) is 0.0476. The Bertz CT molecular complexity index is 1260. The molecule has 5 aromatic rings. The summed E-state index contributed by atoms with van der Waals surface area (Å²) < 4.78 is 5.88. The molecule has 28 heavy (non-hydrogen) atoms. The van der Waals surface area contributed by atoms with Crippen molar-refractivity contribution in [3.63, 3.8) is 0 Å². The average Bonchev–Trinajstić information content (AvgIpc) is 3.37. The Balaban J connectivity index is 1.49. The minimum absolute atomic E-state index is 0.464. The third-order valence-electron chi connectivity index (χ3n) is 4.32. The monoisotopic (exact) mass is 402 g/mol. The summed E-state index contributed by atoms with van der Waals surface area (Å²) in [6.45, 7) is 2.02. The van der Waals surface area contributed by atoms with Gasteiger partial charge >= 0.3 is 0 Å². The lowest BCUT2D eigenvalue weighted by Gasteiger charge is -1.99. The number of rotatable bonds is 4. The van der Waals surface area contributed by atoms with E-state index in [1.165, 1.54) is 17.3 Å². The van der Waals surface area contributed by atoms with Crippen LogP contribution in [0.15, 0.2) is 81.7 Å². The maximum atomic E-state index is 5.88. The van der Waals surface area contributed by atoms with Crippen molar-refractivity contribution in [2.75, 3.05) is 0 Å². The summed E-state index contributed by atoms with van der Waals surface area (Å²) in [6.07, 6.45) is 1.58. The molecule has 2 aromatic carbocycles. The van der Waals surface area contributed by atoms with E-state index < -0.39 is 0 Å². The van der Waals surface area contributed by atoms with Crippen LogP contribution >= 0.6 is 23.1 Å². The first-order valence-electron chi connectivity index (χ1n) is 8.65. The molecule has 0 radical (unpaired) electrons. The quantitative estimate of drug-likeness (QED) is 0.350. The number of nitrogens with zero attached hydrogens (tertiary/aromatic N) is 4. The summed E-state index contributed by atoms with van der Waals surface area (Å²) in [4.78, 5) is 11.0. The highest BCUT2D eigenvalue weighted by atomic mass is 32.2. The van der Waals surface area contributed by atoms with Gasteiger partial charge in [0, 0.05) is 15.8 Å². The Morgan fingerprint density at radius 1 is 0.929 bits per heavy atom. The van der Waals surface area contributed by atoms with Crippen molar-refractivity contribution >= 4 is 33.3 Å². The van der Waals surface area contributed by atoms with Gasteiger partial charge in [0.1, 0.15) is 16.2 Å². The molecule has 0 aliphatic rings. The second-order valence-corrected chi connectivity index (χ2v) is 8.14. The van der Waals surface area contributed by atoms with Gasteiger partial charge in [-0.3, -0.25) is 0 Å². The van der Waals surface area contributed by atoms with Crippen molar-refractivity contribution in [3.05, 3.63) is 72.6 Å². The highest BCUT2D eigenvalue weighted by Gasteiger charge is 2.16. The molecule has 0 N–H and O–H groups in total. The standard InChI is InChI=1S/C21H14N4OS2/c1-13-7-5-6-10-15(13)18-24-25-21(26-18)28-20-16-11-17(14-8-3-2-4-9-14)27-19(16)22-12-23-20/h2-12H,1H3. The minimum Gasteiger partial charge on any atom is -0.411 e. The molecule has 0 aliphatic heterocycles. The fourth-order valence-corrected chi connectivity index (χ4v) is 4.72. The van der Waals surface area contributed by atoms with E-state index in [0.717, 1.165) is 31.2 Å². The molecule has 0 atom stereocenters. The number of aromatic nitrogens is 4. The zero-order valence-corrected chi connectivity index (χ0v) is 16.5. The smallest absolute Gasteiger partial charge is 0.283 e. The van der Waals surface area contributed by atoms with Crippen LogP contribution in [0, 0.1) is 6.92 Å². The van der Waals surface area contributed by atoms with Crippen LogP contribution in [0.25, 0.3) is 32.1 Å². The highest BCUT2D eigenvalue weighted by Crippen LogP contribution is 2.38. The first-order chi connectivity index (χ1) is 13.8. The number of hydrogen-bond donors (Lipinski definition) is 0. The first-order valence-corrected chi connectivity index (χ1v) is 10.3. The van der Waals surface area contributed by atoms with Crippen molar-refractivity contribution in [1.82, 2.24) is 20.2 Å². The number of aryl methyl sites for hydroxylation is 1. The summed E-state index contributed by atoms with van der Waals surface area (Å²) in [6, 6.07) is 20.3. The predicted octanol–water partition coefficient (Wildman–Crippen LogP) is 5.87. The van der Waals surface area contributed by atoms with E-state index in [9.17, 15) is 0 Å². The highest BCUT2D eigenvalue weighted by molar-refractivity contribution is 7.99. The molecule has 0 saturated carbocycles. The van der Waals surface area contributed by atoms with E-state index in [0.29, 0.717) is 11.1 Å². The Hall–Kier alpha value is -3.03. The molecule has 0 spiro atoms. The second-order valence-electron chi connectivity index (χ2n) is 6.16. The van der Waals surface area contributed by atoms with Crippen molar-refractivity contribution < 1.29 is 4.42 Å². The van der Waals surface area contributed by atoms with E-state index in [1.54, 1.807) is 17.7 Å². The van der Waals surface area contributed by atoms with E-state index in [-0.39, 0.29) is 0 Å². The van der Waals surface area contributed by atoms with Crippen LogP contribution in [0.5, 0.6) is 0 Å². The lowest BCUT2D eigenvalue weighted by Crippen LogP contribution is -1.83. The van der Waals surface area contributed by atoms with Crippen molar-refractivity contribution in [2.24, 2.45) is 0 Å².